The number of aliphatic hydroxyl groups is 1. The average Bonchev–Trinajstić information content (AvgIpc) is 3.39. The maximum atomic E-state index is 13.3. The molecular formula is C26H20F3N3O5. The van der Waals surface area contributed by atoms with Crippen LogP contribution in [-0.4, -0.2) is 34.1 Å². The van der Waals surface area contributed by atoms with Gasteiger partial charge in [0.2, 0.25) is 5.91 Å². The second kappa shape index (κ2) is 8.48. The van der Waals surface area contributed by atoms with Crippen LogP contribution < -0.4 is 20.1 Å². The van der Waals surface area contributed by atoms with E-state index in [0.717, 1.165) is 23.3 Å². The molecule has 3 aromatic rings. The molecule has 8 nitrogen and oxygen atoms in total. The smallest absolute Gasteiger partial charge is 0.416 e. The summed E-state index contributed by atoms with van der Waals surface area (Å²) in [6.45, 7) is -0.782. The summed E-state index contributed by atoms with van der Waals surface area (Å²) in [5.41, 5.74) is 0.144. The number of benzene rings is 2. The molecule has 1 aliphatic carbocycles. The maximum Gasteiger partial charge on any atom is 0.416 e. The largest absolute Gasteiger partial charge is 0.487 e. The molecule has 1 saturated carbocycles. The highest BCUT2D eigenvalue weighted by molar-refractivity contribution is 5.95. The summed E-state index contributed by atoms with van der Waals surface area (Å²) in [6.07, 6.45) is -2.62. The Balaban J connectivity index is 1.18. The predicted molar refractivity (Wildman–Crippen MR) is 123 cm³/mol. The minimum atomic E-state index is -4.69. The Hall–Kier alpha value is -4.12. The molecule has 0 saturated heterocycles. The third-order valence-corrected chi connectivity index (χ3v) is 6.80. The van der Waals surface area contributed by atoms with Gasteiger partial charge in [0.1, 0.15) is 29.2 Å². The number of anilines is 1. The molecule has 1 fully saturated rings. The number of halogens is 3. The van der Waals surface area contributed by atoms with Crippen molar-refractivity contribution in [3.05, 3.63) is 76.5 Å². The van der Waals surface area contributed by atoms with Crippen LogP contribution in [0.3, 0.4) is 0 Å². The van der Waals surface area contributed by atoms with Gasteiger partial charge in [-0.3, -0.25) is 9.59 Å². The van der Waals surface area contributed by atoms with E-state index in [1.165, 1.54) is 6.07 Å². The topological polar surface area (TPSA) is 110 Å². The molecule has 37 heavy (non-hydrogen) atoms. The molecule has 190 valence electrons. The Morgan fingerprint density at radius 2 is 2.03 bits per heavy atom. The van der Waals surface area contributed by atoms with Gasteiger partial charge in [0, 0.05) is 29.3 Å². The first kappa shape index (κ1) is 23.3. The fourth-order valence-corrected chi connectivity index (χ4v) is 4.91. The Morgan fingerprint density at radius 3 is 2.81 bits per heavy atom. The number of hydrogen-bond acceptors (Lipinski definition) is 6. The summed E-state index contributed by atoms with van der Waals surface area (Å²) in [6, 6.07) is 9.78. The molecule has 1 unspecified atom stereocenters. The lowest BCUT2D eigenvalue weighted by Gasteiger charge is -2.19. The zero-order valence-corrected chi connectivity index (χ0v) is 19.1. The van der Waals surface area contributed by atoms with Gasteiger partial charge in [0.25, 0.3) is 5.91 Å². The van der Waals surface area contributed by atoms with Crippen molar-refractivity contribution in [1.29, 1.82) is 0 Å². The van der Waals surface area contributed by atoms with Crippen LogP contribution in [0.15, 0.2) is 48.7 Å². The van der Waals surface area contributed by atoms with Crippen LogP contribution >= 0.6 is 0 Å². The third kappa shape index (κ3) is 4.14. The molecule has 0 spiro atoms. The number of rotatable bonds is 5. The number of carbonyl (C=O) groups is 2. The van der Waals surface area contributed by atoms with Crippen molar-refractivity contribution in [2.75, 3.05) is 5.32 Å². The van der Waals surface area contributed by atoms with Crippen molar-refractivity contribution in [3.63, 3.8) is 0 Å². The van der Waals surface area contributed by atoms with Gasteiger partial charge >= 0.3 is 6.18 Å². The number of carbonyl (C=O) groups excluding carboxylic acids is 2. The van der Waals surface area contributed by atoms with Gasteiger partial charge in [-0.05, 0) is 48.4 Å². The summed E-state index contributed by atoms with van der Waals surface area (Å²) < 4.78 is 52.0. The Bertz CT molecular complexity index is 1440. The number of amides is 2. The zero-order valence-electron chi connectivity index (χ0n) is 19.1. The quantitative estimate of drug-likeness (QED) is 0.479. The van der Waals surface area contributed by atoms with Crippen LogP contribution in [0.1, 0.15) is 45.0 Å². The second-order valence-corrected chi connectivity index (χ2v) is 9.12. The Labute approximate surface area is 208 Å². The van der Waals surface area contributed by atoms with Crippen molar-refractivity contribution in [1.82, 2.24) is 10.3 Å². The van der Waals surface area contributed by atoms with E-state index >= 15 is 0 Å². The number of pyridine rings is 1. The summed E-state index contributed by atoms with van der Waals surface area (Å²) in [5, 5.41) is 14.7. The molecule has 2 amide bonds. The normalized spacial score (nSPS) is 21.2. The van der Waals surface area contributed by atoms with Crippen LogP contribution in [0.5, 0.6) is 17.2 Å². The van der Waals surface area contributed by atoms with Crippen LogP contribution in [0.2, 0.25) is 0 Å². The lowest BCUT2D eigenvalue weighted by Crippen LogP contribution is -2.30. The average molecular weight is 511 g/mol. The maximum absolute atomic E-state index is 13.3. The van der Waals surface area contributed by atoms with Crippen LogP contribution in [0, 0.1) is 0 Å². The minimum Gasteiger partial charge on any atom is -0.487 e. The van der Waals surface area contributed by atoms with Gasteiger partial charge in [-0.25, -0.2) is 4.98 Å². The van der Waals surface area contributed by atoms with E-state index in [0.29, 0.717) is 35.9 Å². The van der Waals surface area contributed by atoms with E-state index in [2.05, 4.69) is 15.6 Å². The third-order valence-electron chi connectivity index (χ3n) is 6.80. The molecule has 2 aliphatic heterocycles. The zero-order chi connectivity index (χ0) is 25.9. The van der Waals surface area contributed by atoms with Gasteiger partial charge in [0.15, 0.2) is 0 Å². The fourth-order valence-electron chi connectivity index (χ4n) is 4.91. The first-order valence-corrected chi connectivity index (χ1v) is 11.6. The monoisotopic (exact) mass is 511 g/mol. The van der Waals surface area contributed by atoms with E-state index in [1.807, 2.05) is 6.07 Å². The summed E-state index contributed by atoms with van der Waals surface area (Å²) in [5.74, 6) is 1.34. The number of ether oxygens (including phenoxy) is 2. The molecule has 3 N–H and O–H groups in total. The van der Waals surface area contributed by atoms with E-state index in [-0.39, 0.29) is 29.1 Å². The number of hydrogen-bond donors (Lipinski definition) is 3. The van der Waals surface area contributed by atoms with E-state index in [4.69, 9.17) is 9.47 Å². The highest BCUT2D eigenvalue weighted by atomic mass is 19.4. The van der Waals surface area contributed by atoms with Gasteiger partial charge in [-0.2, -0.15) is 13.2 Å². The molecule has 3 atom stereocenters. The van der Waals surface area contributed by atoms with Crippen molar-refractivity contribution in [3.8, 4) is 17.2 Å². The van der Waals surface area contributed by atoms with Crippen molar-refractivity contribution in [2.24, 2.45) is 0 Å². The Morgan fingerprint density at radius 1 is 1.19 bits per heavy atom. The Kier molecular flexibility index (Phi) is 5.34. The van der Waals surface area contributed by atoms with E-state index in [9.17, 15) is 27.9 Å². The van der Waals surface area contributed by atoms with E-state index in [1.54, 1.807) is 24.4 Å². The summed E-state index contributed by atoms with van der Waals surface area (Å²) >= 11 is 0. The van der Waals surface area contributed by atoms with Gasteiger partial charge in [-0.15, -0.1) is 0 Å². The van der Waals surface area contributed by atoms with Crippen molar-refractivity contribution < 1.29 is 37.3 Å². The van der Waals surface area contributed by atoms with Crippen molar-refractivity contribution >= 4 is 17.6 Å². The number of aliphatic hydroxyl groups excluding tert-OH is 1. The SMILES string of the molecule is O=C1CCc2c(Oc3ccc4c(c3)[C@H]3C(NC(=O)c5ccc(CO)c(C(F)(F)F)c5)[C@H]3O4)ccnc2N1. The van der Waals surface area contributed by atoms with Gasteiger partial charge < -0.3 is 25.2 Å². The highest BCUT2D eigenvalue weighted by Gasteiger charge is 2.59. The van der Waals surface area contributed by atoms with Crippen molar-refractivity contribution in [2.45, 2.75) is 43.7 Å². The summed E-state index contributed by atoms with van der Waals surface area (Å²) in [4.78, 5) is 28.6. The lowest BCUT2D eigenvalue weighted by atomic mass is 10.0. The molecular weight excluding hydrogens is 491 g/mol. The first-order valence-electron chi connectivity index (χ1n) is 11.6. The number of nitrogens with zero attached hydrogens (tertiary/aromatic N) is 1. The number of fused-ring (bicyclic) bond motifs is 4. The van der Waals surface area contributed by atoms with Gasteiger partial charge in [-0.1, -0.05) is 6.07 Å². The molecule has 1 aromatic heterocycles. The minimum absolute atomic E-state index is 0.0985. The standard InChI is InChI=1S/C26H20F3N3O5/c27-26(28,29)17-9-12(1-2-13(17)11-33)25(35)32-22-21-16-10-14(3-5-18(16)37-23(21)22)36-19-7-8-30-24-15(19)4-6-20(34)31-24/h1-3,5,7-10,21-23,33H,4,6,11H2,(H,32,35)(H,30,31,34)/t21-,22?,23-/m0/s1. The molecule has 0 bridgehead atoms. The van der Waals surface area contributed by atoms with Crippen LogP contribution in [-0.2, 0) is 24.0 Å². The molecule has 3 aliphatic rings. The first-order chi connectivity index (χ1) is 17.7. The molecule has 3 heterocycles. The van der Waals surface area contributed by atoms with E-state index < -0.39 is 30.3 Å². The summed E-state index contributed by atoms with van der Waals surface area (Å²) in [7, 11) is 0. The lowest BCUT2D eigenvalue weighted by molar-refractivity contribution is -0.138. The van der Waals surface area contributed by atoms with Crippen LogP contribution in [0.4, 0.5) is 19.0 Å². The second-order valence-electron chi connectivity index (χ2n) is 9.12. The molecule has 6 rings (SSSR count). The number of aromatic nitrogens is 1. The van der Waals surface area contributed by atoms with Crippen LogP contribution in [0.25, 0.3) is 0 Å². The van der Waals surface area contributed by atoms with Gasteiger partial charge in [0.05, 0.1) is 24.1 Å². The molecule has 2 aromatic carbocycles. The highest BCUT2D eigenvalue weighted by Crippen LogP contribution is 2.54. The molecule has 11 heteroatoms. The fraction of sp³-hybridized carbons (Fsp3) is 0.269. The predicted octanol–water partition coefficient (Wildman–Crippen LogP) is 3.93. The number of alkyl halides is 3. The number of nitrogens with one attached hydrogen (secondary N) is 2. The molecule has 0 radical (unpaired) electrons.